The van der Waals surface area contributed by atoms with Gasteiger partial charge in [-0.15, -0.1) is 0 Å². The molecule has 3 aliphatic rings. The third-order valence-corrected chi connectivity index (χ3v) is 7.73. The van der Waals surface area contributed by atoms with Gasteiger partial charge in [-0.3, -0.25) is 4.98 Å². The van der Waals surface area contributed by atoms with Crippen molar-refractivity contribution in [2.45, 2.75) is 39.0 Å². The lowest BCUT2D eigenvalue weighted by molar-refractivity contribution is 0.336. The van der Waals surface area contributed by atoms with Gasteiger partial charge in [0.25, 0.3) is 0 Å². The molecule has 1 fully saturated rings. The highest BCUT2D eigenvalue weighted by Crippen LogP contribution is 2.35. The van der Waals surface area contributed by atoms with E-state index < -0.39 is 17.1 Å². The number of hydrazone groups is 1. The van der Waals surface area contributed by atoms with Crippen LogP contribution in [0.5, 0.6) is 0 Å². The van der Waals surface area contributed by atoms with Crippen molar-refractivity contribution in [2.75, 3.05) is 19.3 Å². The largest absolute Gasteiger partial charge is 0.468 e. The molecule has 2 N–H and O–H groups in total. The Bertz CT molecular complexity index is 923. The molecule has 150 valence electrons. The molecule has 0 unspecified atom stereocenters. The average Bonchev–Trinajstić information content (AvgIpc) is 3.18. The van der Waals surface area contributed by atoms with E-state index in [1.165, 1.54) is 7.05 Å². The van der Waals surface area contributed by atoms with Crippen LogP contribution in [-0.2, 0) is 16.4 Å². The monoisotopic (exact) mass is 402 g/mol. The molecule has 1 saturated carbocycles. The summed E-state index contributed by atoms with van der Waals surface area (Å²) in [6.07, 6.45) is 10.4. The molecule has 9 heteroatoms. The second-order valence-corrected chi connectivity index (χ2v) is 9.84. The Morgan fingerprint density at radius 1 is 1.32 bits per heavy atom. The normalized spacial score (nSPS) is 24.2. The Balaban J connectivity index is 1.62. The average molecular weight is 402 g/mol. The maximum Gasteiger partial charge on any atom is 0.468 e. The van der Waals surface area contributed by atoms with Gasteiger partial charge in [0.05, 0.1) is 17.2 Å². The van der Waals surface area contributed by atoms with E-state index >= 15 is 0 Å². The first-order chi connectivity index (χ1) is 13.4. The van der Waals surface area contributed by atoms with Gasteiger partial charge in [0, 0.05) is 41.7 Å². The molecule has 7 nitrogen and oxygen atoms in total. The molecule has 0 aromatic carbocycles. The van der Waals surface area contributed by atoms with Crippen molar-refractivity contribution in [3.63, 3.8) is 0 Å². The first-order valence-electron chi connectivity index (χ1n) is 10.1. The minimum Gasteiger partial charge on any atom is -0.428 e. The van der Waals surface area contributed by atoms with Crippen molar-refractivity contribution in [2.24, 2.45) is 16.9 Å². The number of pyridine rings is 1. The maximum absolute atomic E-state index is 11.9. The highest BCUT2D eigenvalue weighted by molar-refractivity contribution is 7.89. The van der Waals surface area contributed by atoms with E-state index in [0.29, 0.717) is 6.54 Å². The van der Waals surface area contributed by atoms with Crippen molar-refractivity contribution in [1.29, 1.82) is 0 Å². The Labute approximate surface area is 167 Å². The molecular weight excluding hydrogens is 375 g/mol. The van der Waals surface area contributed by atoms with E-state index in [1.54, 1.807) is 11.1 Å². The Morgan fingerprint density at radius 2 is 2.07 bits per heavy atom. The minimum atomic E-state index is -3.18. The summed E-state index contributed by atoms with van der Waals surface area (Å²) in [6, 6.07) is 0. The molecule has 0 saturated heterocycles. The summed E-state index contributed by atoms with van der Waals surface area (Å²) < 4.78 is 26.2. The van der Waals surface area contributed by atoms with Gasteiger partial charge in [-0.1, -0.05) is 12.2 Å². The SMILES string of the molecule is CCN1N=C(C2CCC(CS(=O)(=O)NC)CC2)c2c(cnc3c2C=CC3)B1O. The van der Waals surface area contributed by atoms with E-state index in [2.05, 4.69) is 21.9 Å². The fourth-order valence-corrected chi connectivity index (χ4v) is 5.74. The van der Waals surface area contributed by atoms with Crippen molar-refractivity contribution in [3.8, 4) is 0 Å². The molecule has 0 amide bonds. The lowest BCUT2D eigenvalue weighted by Crippen LogP contribution is -2.53. The van der Waals surface area contributed by atoms with Gasteiger partial charge in [0.15, 0.2) is 0 Å². The lowest BCUT2D eigenvalue weighted by atomic mass is 9.66. The van der Waals surface area contributed by atoms with E-state index in [1.807, 2.05) is 6.92 Å². The third kappa shape index (κ3) is 3.51. The first kappa shape index (κ1) is 19.6. The second-order valence-electron chi connectivity index (χ2n) is 7.87. The van der Waals surface area contributed by atoms with E-state index in [4.69, 9.17) is 5.10 Å². The van der Waals surface area contributed by atoms with Crippen LogP contribution < -0.4 is 10.2 Å². The zero-order valence-electron chi connectivity index (χ0n) is 16.4. The van der Waals surface area contributed by atoms with Gasteiger partial charge in [-0.2, -0.15) is 5.10 Å². The number of rotatable bonds is 5. The maximum atomic E-state index is 11.9. The number of hydrogen-bond donors (Lipinski definition) is 2. The van der Waals surface area contributed by atoms with E-state index in [9.17, 15) is 13.4 Å². The van der Waals surface area contributed by atoms with Crippen molar-refractivity contribution >= 4 is 34.3 Å². The zero-order chi connectivity index (χ0) is 19.9. The summed E-state index contributed by atoms with van der Waals surface area (Å²) >= 11 is 0. The second kappa shape index (κ2) is 7.61. The van der Waals surface area contributed by atoms with Crippen LogP contribution in [0.4, 0.5) is 0 Å². The van der Waals surface area contributed by atoms with Gasteiger partial charge >= 0.3 is 7.05 Å². The van der Waals surface area contributed by atoms with Crippen LogP contribution in [0.15, 0.2) is 17.4 Å². The fourth-order valence-electron chi connectivity index (χ4n) is 4.62. The van der Waals surface area contributed by atoms with Gasteiger partial charge in [-0.05, 0) is 45.6 Å². The van der Waals surface area contributed by atoms with Crippen LogP contribution in [0.1, 0.15) is 49.4 Å². The minimum absolute atomic E-state index is 0.188. The Kier molecular flexibility index (Phi) is 5.33. The van der Waals surface area contributed by atoms with Crippen LogP contribution in [0.25, 0.3) is 6.08 Å². The molecular formula is C19H27BN4O3S. The summed E-state index contributed by atoms with van der Waals surface area (Å²) in [5, 5.41) is 15.6. The Hall–Kier alpha value is -1.71. The number of fused-ring (bicyclic) bond motifs is 3. The Morgan fingerprint density at radius 3 is 2.75 bits per heavy atom. The summed E-state index contributed by atoms with van der Waals surface area (Å²) in [7, 11) is -2.47. The summed E-state index contributed by atoms with van der Waals surface area (Å²) in [5.74, 6) is 0.656. The van der Waals surface area contributed by atoms with Crippen LogP contribution in [-0.4, -0.2) is 55.5 Å². The number of allylic oxidation sites excluding steroid dienone is 1. The van der Waals surface area contributed by atoms with Crippen LogP contribution in [0.2, 0.25) is 0 Å². The summed E-state index contributed by atoms with van der Waals surface area (Å²) in [5.41, 5.74) is 5.03. The first-order valence-corrected chi connectivity index (χ1v) is 11.7. The van der Waals surface area contributed by atoms with Crippen LogP contribution in [0.3, 0.4) is 0 Å². The highest BCUT2D eigenvalue weighted by Gasteiger charge is 2.38. The topological polar surface area (TPSA) is 94.9 Å². The van der Waals surface area contributed by atoms with E-state index in [0.717, 1.165) is 60.1 Å². The third-order valence-electron chi connectivity index (χ3n) is 6.20. The number of sulfonamides is 1. The van der Waals surface area contributed by atoms with Gasteiger partial charge in [-0.25, -0.2) is 13.1 Å². The van der Waals surface area contributed by atoms with Crippen molar-refractivity contribution in [1.82, 2.24) is 14.6 Å². The predicted octanol–water partition coefficient (Wildman–Crippen LogP) is 0.734. The molecule has 2 heterocycles. The van der Waals surface area contributed by atoms with Crippen molar-refractivity contribution in [3.05, 3.63) is 29.1 Å². The summed E-state index contributed by atoms with van der Waals surface area (Å²) in [4.78, 5) is 6.28. The zero-order valence-corrected chi connectivity index (χ0v) is 17.2. The highest BCUT2D eigenvalue weighted by atomic mass is 32.2. The molecule has 28 heavy (non-hydrogen) atoms. The van der Waals surface area contributed by atoms with Gasteiger partial charge in [0.2, 0.25) is 10.0 Å². The molecule has 0 radical (unpaired) electrons. The number of hydrogen-bond acceptors (Lipinski definition) is 6. The van der Waals surface area contributed by atoms with Gasteiger partial charge in [0.1, 0.15) is 0 Å². The predicted molar refractivity (Wildman–Crippen MR) is 112 cm³/mol. The van der Waals surface area contributed by atoms with E-state index in [-0.39, 0.29) is 17.6 Å². The number of nitrogens with one attached hydrogen (secondary N) is 1. The van der Waals surface area contributed by atoms with Crippen molar-refractivity contribution < 1.29 is 13.4 Å². The number of nitrogens with zero attached hydrogens (tertiary/aromatic N) is 3. The molecule has 4 rings (SSSR count). The number of aromatic nitrogens is 1. The molecule has 1 aliphatic heterocycles. The van der Waals surface area contributed by atoms with Gasteiger partial charge < -0.3 is 9.94 Å². The lowest BCUT2D eigenvalue weighted by Gasteiger charge is -2.35. The van der Waals surface area contributed by atoms with Crippen LogP contribution >= 0.6 is 0 Å². The molecule has 0 atom stereocenters. The molecule has 1 aromatic rings. The molecule has 1 aromatic heterocycles. The quantitative estimate of drug-likeness (QED) is 0.709. The van der Waals surface area contributed by atoms with Crippen LogP contribution in [0, 0.1) is 11.8 Å². The fraction of sp³-hybridized carbons (Fsp3) is 0.579. The molecule has 2 aliphatic carbocycles. The summed E-state index contributed by atoms with van der Waals surface area (Å²) in [6.45, 7) is 2.60. The smallest absolute Gasteiger partial charge is 0.428 e. The standard InChI is InChI=1S/C19H27BN4O3S/c1-3-24-20(25)16-11-22-17-6-4-5-15(17)18(16)19(23-24)14-9-7-13(8-10-14)12-28(26,27)21-2/h4-5,11,13-14,21,25H,3,6-10,12H2,1-2H3. The molecule has 0 spiro atoms. The molecule has 0 bridgehead atoms.